The van der Waals surface area contributed by atoms with Crippen LogP contribution in [0.3, 0.4) is 0 Å². The minimum Gasteiger partial charge on any atom is -0.392 e. The zero-order chi connectivity index (χ0) is 14.0. The fourth-order valence-corrected chi connectivity index (χ4v) is 4.43. The van der Waals surface area contributed by atoms with Gasteiger partial charge in [-0.2, -0.15) is 0 Å². The molecule has 1 aliphatic heterocycles. The molecule has 112 valence electrons. The summed E-state index contributed by atoms with van der Waals surface area (Å²) in [5.74, 6) is 0. The Morgan fingerprint density at radius 2 is 2.25 bits per heavy atom. The molecule has 0 bridgehead atoms. The minimum atomic E-state index is -0.140. The number of thiophene rings is 1. The lowest BCUT2D eigenvalue weighted by atomic mass is 9.58. The maximum absolute atomic E-state index is 10.2. The Bertz CT molecular complexity index is 410. The predicted molar refractivity (Wildman–Crippen MR) is 82.2 cm³/mol. The number of likely N-dealkylation sites (tertiary alicyclic amines) is 1. The van der Waals surface area contributed by atoms with Gasteiger partial charge in [-0.05, 0) is 50.7 Å². The second-order valence-corrected chi connectivity index (χ2v) is 7.13. The lowest BCUT2D eigenvalue weighted by Crippen LogP contribution is -2.62. The van der Waals surface area contributed by atoms with Gasteiger partial charge in [-0.25, -0.2) is 0 Å². The van der Waals surface area contributed by atoms with Crippen molar-refractivity contribution >= 4 is 11.3 Å². The van der Waals surface area contributed by atoms with Crippen molar-refractivity contribution in [3.8, 4) is 0 Å². The Labute approximate surface area is 125 Å². The SMILES string of the molecule is CCOC1CC(O)C12CCN(CCc1cccs1)CC2. The molecule has 2 heterocycles. The molecular formula is C16H25NO2S. The molecule has 1 saturated heterocycles. The van der Waals surface area contributed by atoms with Crippen LogP contribution in [0.5, 0.6) is 0 Å². The van der Waals surface area contributed by atoms with E-state index in [1.54, 1.807) is 0 Å². The third-order valence-corrected chi connectivity index (χ3v) is 6.09. The highest BCUT2D eigenvalue weighted by Gasteiger charge is 2.55. The number of hydrogen-bond donors (Lipinski definition) is 1. The first-order chi connectivity index (χ1) is 9.74. The van der Waals surface area contributed by atoms with Crippen molar-refractivity contribution in [1.82, 2.24) is 4.90 Å². The number of ether oxygens (including phenoxy) is 1. The molecule has 1 spiro atoms. The third-order valence-electron chi connectivity index (χ3n) is 5.15. The first kappa shape index (κ1) is 14.5. The summed E-state index contributed by atoms with van der Waals surface area (Å²) in [7, 11) is 0. The van der Waals surface area contributed by atoms with Crippen molar-refractivity contribution in [2.45, 2.75) is 44.8 Å². The fourth-order valence-electron chi connectivity index (χ4n) is 3.73. The Morgan fingerprint density at radius 3 is 2.85 bits per heavy atom. The molecule has 0 aromatic carbocycles. The molecule has 3 nitrogen and oxygen atoms in total. The number of nitrogens with zero attached hydrogens (tertiary/aromatic N) is 1. The summed E-state index contributed by atoms with van der Waals surface area (Å²) in [5, 5.41) is 12.3. The van der Waals surface area contributed by atoms with Gasteiger partial charge in [0, 0.05) is 29.9 Å². The molecule has 2 atom stereocenters. The van der Waals surface area contributed by atoms with Crippen LogP contribution in [0.25, 0.3) is 0 Å². The van der Waals surface area contributed by atoms with Gasteiger partial charge in [0.1, 0.15) is 0 Å². The van der Waals surface area contributed by atoms with Gasteiger partial charge in [-0.15, -0.1) is 11.3 Å². The van der Waals surface area contributed by atoms with Crippen molar-refractivity contribution in [3.05, 3.63) is 22.4 Å². The van der Waals surface area contributed by atoms with Crippen LogP contribution in [0.1, 0.15) is 31.1 Å². The third kappa shape index (κ3) is 2.67. The maximum Gasteiger partial charge on any atom is 0.0681 e. The molecule has 2 fully saturated rings. The molecule has 20 heavy (non-hydrogen) atoms. The number of hydrogen-bond acceptors (Lipinski definition) is 4. The van der Waals surface area contributed by atoms with Gasteiger partial charge in [-0.1, -0.05) is 6.07 Å². The zero-order valence-corrected chi connectivity index (χ0v) is 13.1. The fraction of sp³-hybridized carbons (Fsp3) is 0.750. The van der Waals surface area contributed by atoms with Crippen LogP contribution < -0.4 is 0 Å². The molecule has 1 aliphatic carbocycles. The summed E-state index contributed by atoms with van der Waals surface area (Å²) in [6.07, 6.45) is 4.32. The van der Waals surface area contributed by atoms with Crippen LogP contribution in [-0.4, -0.2) is 48.5 Å². The van der Waals surface area contributed by atoms with Crippen LogP contribution in [-0.2, 0) is 11.2 Å². The summed E-state index contributed by atoms with van der Waals surface area (Å²) in [5.41, 5.74) is 0.0649. The normalized spacial score (nSPS) is 29.5. The van der Waals surface area contributed by atoms with Gasteiger partial charge in [0.2, 0.25) is 0 Å². The highest BCUT2D eigenvalue weighted by Crippen LogP contribution is 2.50. The van der Waals surface area contributed by atoms with E-state index in [0.717, 1.165) is 51.9 Å². The second-order valence-electron chi connectivity index (χ2n) is 6.10. The van der Waals surface area contributed by atoms with Crippen molar-refractivity contribution in [3.63, 3.8) is 0 Å². The quantitative estimate of drug-likeness (QED) is 0.906. The van der Waals surface area contributed by atoms with Gasteiger partial charge in [0.15, 0.2) is 0 Å². The maximum atomic E-state index is 10.2. The average molecular weight is 295 g/mol. The van der Waals surface area contributed by atoms with E-state index in [2.05, 4.69) is 29.3 Å². The van der Waals surface area contributed by atoms with Crippen molar-refractivity contribution in [1.29, 1.82) is 0 Å². The molecule has 1 aromatic heterocycles. The summed E-state index contributed by atoms with van der Waals surface area (Å²) in [6.45, 7) is 6.17. The first-order valence-corrected chi connectivity index (χ1v) is 8.67. The Morgan fingerprint density at radius 1 is 1.45 bits per heavy atom. The lowest BCUT2D eigenvalue weighted by molar-refractivity contribution is -0.209. The van der Waals surface area contributed by atoms with Gasteiger partial charge in [-0.3, -0.25) is 0 Å². The lowest BCUT2D eigenvalue weighted by Gasteiger charge is -2.56. The highest BCUT2D eigenvalue weighted by atomic mass is 32.1. The minimum absolute atomic E-state index is 0.0649. The molecule has 2 unspecified atom stereocenters. The molecule has 1 N–H and O–H groups in total. The van der Waals surface area contributed by atoms with Crippen molar-refractivity contribution in [2.24, 2.45) is 5.41 Å². The van der Waals surface area contributed by atoms with E-state index in [9.17, 15) is 5.11 Å². The van der Waals surface area contributed by atoms with Crippen LogP contribution in [0.2, 0.25) is 0 Å². The molecule has 0 amide bonds. The van der Waals surface area contributed by atoms with Crippen molar-refractivity contribution < 1.29 is 9.84 Å². The van der Waals surface area contributed by atoms with Crippen LogP contribution in [0, 0.1) is 5.41 Å². The molecule has 1 saturated carbocycles. The topological polar surface area (TPSA) is 32.7 Å². The van der Waals surface area contributed by atoms with E-state index < -0.39 is 0 Å². The summed E-state index contributed by atoms with van der Waals surface area (Å²) in [4.78, 5) is 4.01. The standard InChI is InChI=1S/C16H25NO2S/c1-2-19-15-12-14(18)16(15)6-9-17(10-7-16)8-5-13-4-3-11-20-13/h3-4,11,14-15,18H,2,5-10,12H2,1H3. The van der Waals surface area contributed by atoms with E-state index in [-0.39, 0.29) is 11.5 Å². The van der Waals surface area contributed by atoms with E-state index >= 15 is 0 Å². The van der Waals surface area contributed by atoms with Crippen LogP contribution in [0.4, 0.5) is 0 Å². The van der Waals surface area contributed by atoms with Gasteiger partial charge in [0.05, 0.1) is 12.2 Å². The summed E-state index contributed by atoms with van der Waals surface area (Å²) in [6, 6.07) is 4.35. The highest BCUT2D eigenvalue weighted by molar-refractivity contribution is 7.09. The number of piperidine rings is 1. The van der Waals surface area contributed by atoms with E-state index in [1.165, 1.54) is 4.88 Å². The summed E-state index contributed by atoms with van der Waals surface area (Å²) >= 11 is 1.85. The van der Waals surface area contributed by atoms with Gasteiger partial charge >= 0.3 is 0 Å². The number of aliphatic hydroxyl groups is 1. The van der Waals surface area contributed by atoms with Crippen LogP contribution >= 0.6 is 11.3 Å². The zero-order valence-electron chi connectivity index (χ0n) is 12.3. The Kier molecular flexibility index (Phi) is 4.46. The summed E-state index contributed by atoms with van der Waals surface area (Å²) < 4.78 is 5.82. The smallest absolute Gasteiger partial charge is 0.0681 e. The molecule has 0 radical (unpaired) electrons. The van der Waals surface area contributed by atoms with Crippen LogP contribution in [0.15, 0.2) is 17.5 Å². The molecule has 3 rings (SSSR count). The van der Waals surface area contributed by atoms with Gasteiger partial charge in [0.25, 0.3) is 0 Å². The predicted octanol–water partition coefficient (Wildman–Crippen LogP) is 2.54. The Hall–Kier alpha value is -0.420. The number of aliphatic hydroxyl groups excluding tert-OH is 1. The molecular weight excluding hydrogens is 270 g/mol. The molecule has 1 aromatic rings. The molecule has 4 heteroatoms. The van der Waals surface area contributed by atoms with E-state index in [1.807, 2.05) is 11.3 Å². The average Bonchev–Trinajstić information content (AvgIpc) is 2.99. The molecule has 2 aliphatic rings. The second kappa shape index (κ2) is 6.14. The Balaban J connectivity index is 1.49. The van der Waals surface area contributed by atoms with Crippen molar-refractivity contribution in [2.75, 3.05) is 26.2 Å². The largest absolute Gasteiger partial charge is 0.392 e. The number of rotatable bonds is 5. The van der Waals surface area contributed by atoms with E-state index in [0.29, 0.717) is 6.10 Å². The van der Waals surface area contributed by atoms with E-state index in [4.69, 9.17) is 4.74 Å². The van der Waals surface area contributed by atoms with Gasteiger partial charge < -0.3 is 14.7 Å². The monoisotopic (exact) mass is 295 g/mol. The first-order valence-electron chi connectivity index (χ1n) is 7.79.